The lowest BCUT2D eigenvalue weighted by Gasteiger charge is -2.29. The molecule has 2 unspecified atom stereocenters. The van der Waals surface area contributed by atoms with E-state index in [0.29, 0.717) is 12.6 Å². The maximum atomic E-state index is 13.1. The SMILES string of the molecule is CCOc1ccc(C2CC(c3ccc(F)cc3)NC(N)=N2)cc1. The van der Waals surface area contributed by atoms with E-state index in [2.05, 4.69) is 10.3 Å². The number of halogens is 1. The first-order chi connectivity index (χ1) is 11.2. The van der Waals surface area contributed by atoms with Gasteiger partial charge in [-0.05, 0) is 48.7 Å². The Morgan fingerprint density at radius 1 is 1.13 bits per heavy atom. The van der Waals surface area contributed by atoms with Crippen molar-refractivity contribution in [2.24, 2.45) is 10.7 Å². The van der Waals surface area contributed by atoms with Crippen LogP contribution in [0.1, 0.15) is 36.6 Å². The zero-order valence-corrected chi connectivity index (χ0v) is 13.0. The zero-order chi connectivity index (χ0) is 16.2. The summed E-state index contributed by atoms with van der Waals surface area (Å²) < 4.78 is 18.6. The average Bonchev–Trinajstić information content (AvgIpc) is 2.56. The molecule has 120 valence electrons. The molecule has 0 fully saturated rings. The van der Waals surface area contributed by atoms with Gasteiger partial charge in [0.1, 0.15) is 11.6 Å². The lowest BCUT2D eigenvalue weighted by atomic mass is 9.94. The minimum absolute atomic E-state index is 0.0182. The van der Waals surface area contributed by atoms with E-state index in [1.54, 1.807) is 12.1 Å². The Morgan fingerprint density at radius 2 is 1.78 bits per heavy atom. The molecule has 2 aromatic rings. The third kappa shape index (κ3) is 3.62. The molecule has 1 aliphatic heterocycles. The van der Waals surface area contributed by atoms with Gasteiger partial charge in [-0.15, -0.1) is 0 Å². The molecular formula is C18H20FN3O. The van der Waals surface area contributed by atoms with Crippen LogP contribution in [-0.4, -0.2) is 12.6 Å². The maximum absolute atomic E-state index is 13.1. The Balaban J connectivity index is 1.79. The summed E-state index contributed by atoms with van der Waals surface area (Å²) in [5.41, 5.74) is 8.03. The van der Waals surface area contributed by atoms with E-state index in [0.717, 1.165) is 23.3 Å². The second-order valence-corrected chi connectivity index (χ2v) is 5.52. The van der Waals surface area contributed by atoms with Crippen LogP contribution in [0.2, 0.25) is 0 Å². The van der Waals surface area contributed by atoms with Gasteiger partial charge in [0.05, 0.1) is 18.7 Å². The van der Waals surface area contributed by atoms with Crippen LogP contribution in [-0.2, 0) is 0 Å². The van der Waals surface area contributed by atoms with E-state index in [1.165, 1.54) is 12.1 Å². The zero-order valence-electron chi connectivity index (χ0n) is 13.0. The summed E-state index contributed by atoms with van der Waals surface area (Å²) in [4.78, 5) is 4.49. The van der Waals surface area contributed by atoms with Crippen molar-refractivity contribution in [1.29, 1.82) is 0 Å². The number of hydrogen-bond acceptors (Lipinski definition) is 4. The van der Waals surface area contributed by atoms with E-state index in [4.69, 9.17) is 10.5 Å². The Kier molecular flexibility index (Phi) is 4.46. The summed E-state index contributed by atoms with van der Waals surface area (Å²) in [7, 11) is 0. The molecule has 0 aromatic heterocycles. The van der Waals surface area contributed by atoms with Gasteiger partial charge in [-0.3, -0.25) is 0 Å². The van der Waals surface area contributed by atoms with Crippen molar-refractivity contribution in [1.82, 2.24) is 5.32 Å². The summed E-state index contributed by atoms with van der Waals surface area (Å²) in [6.07, 6.45) is 0.764. The Morgan fingerprint density at radius 3 is 2.43 bits per heavy atom. The largest absolute Gasteiger partial charge is 0.494 e. The molecule has 4 nitrogen and oxygen atoms in total. The second kappa shape index (κ2) is 6.69. The number of rotatable bonds is 4. The fraction of sp³-hybridized carbons (Fsp3) is 0.278. The number of ether oxygens (including phenoxy) is 1. The topological polar surface area (TPSA) is 59.6 Å². The van der Waals surface area contributed by atoms with Crippen molar-refractivity contribution >= 4 is 5.96 Å². The van der Waals surface area contributed by atoms with Crippen molar-refractivity contribution in [3.8, 4) is 5.75 Å². The summed E-state index contributed by atoms with van der Waals surface area (Å²) in [5.74, 6) is 1.01. The third-order valence-corrected chi connectivity index (χ3v) is 3.92. The van der Waals surface area contributed by atoms with Crippen LogP contribution in [0.3, 0.4) is 0 Å². The van der Waals surface area contributed by atoms with Gasteiger partial charge in [-0.25, -0.2) is 9.38 Å². The van der Waals surface area contributed by atoms with E-state index in [-0.39, 0.29) is 17.9 Å². The van der Waals surface area contributed by atoms with Crippen LogP contribution in [0.5, 0.6) is 5.75 Å². The molecule has 3 rings (SSSR count). The smallest absolute Gasteiger partial charge is 0.189 e. The molecule has 1 aliphatic rings. The number of guanidine groups is 1. The predicted octanol–water partition coefficient (Wildman–Crippen LogP) is 3.31. The molecule has 5 heteroatoms. The number of nitrogens with one attached hydrogen (secondary N) is 1. The predicted molar refractivity (Wildman–Crippen MR) is 88.9 cm³/mol. The Bertz CT molecular complexity index is 682. The van der Waals surface area contributed by atoms with Crippen molar-refractivity contribution in [3.05, 3.63) is 65.5 Å². The van der Waals surface area contributed by atoms with Gasteiger partial charge in [-0.2, -0.15) is 0 Å². The molecule has 0 spiro atoms. The molecule has 0 amide bonds. The minimum atomic E-state index is -0.241. The highest BCUT2D eigenvalue weighted by Gasteiger charge is 2.24. The molecule has 0 bridgehead atoms. The van der Waals surface area contributed by atoms with E-state index < -0.39 is 0 Å². The summed E-state index contributed by atoms with van der Waals surface area (Å²) >= 11 is 0. The van der Waals surface area contributed by atoms with Gasteiger partial charge in [0.25, 0.3) is 0 Å². The van der Waals surface area contributed by atoms with Gasteiger partial charge in [-0.1, -0.05) is 24.3 Å². The molecule has 0 radical (unpaired) electrons. The van der Waals surface area contributed by atoms with Gasteiger partial charge < -0.3 is 15.8 Å². The molecule has 3 N–H and O–H groups in total. The van der Waals surface area contributed by atoms with Crippen LogP contribution in [0.15, 0.2) is 53.5 Å². The second-order valence-electron chi connectivity index (χ2n) is 5.52. The number of nitrogens with zero attached hydrogens (tertiary/aromatic N) is 1. The molecule has 0 saturated carbocycles. The fourth-order valence-corrected chi connectivity index (χ4v) is 2.80. The van der Waals surface area contributed by atoms with Crippen LogP contribution < -0.4 is 15.8 Å². The highest BCUT2D eigenvalue weighted by molar-refractivity contribution is 5.79. The van der Waals surface area contributed by atoms with Crippen molar-refractivity contribution < 1.29 is 9.13 Å². The maximum Gasteiger partial charge on any atom is 0.189 e. The number of benzene rings is 2. The number of aliphatic imine (C=N–C) groups is 1. The standard InChI is InChI=1S/C18H20FN3O/c1-2-23-15-9-5-13(6-10-15)17-11-16(21-18(20)22-17)12-3-7-14(19)8-4-12/h3-10,16-17H,2,11H2,1H3,(H3,20,21,22). The first kappa shape index (κ1) is 15.3. The van der Waals surface area contributed by atoms with Crippen LogP contribution in [0, 0.1) is 5.82 Å². The van der Waals surface area contributed by atoms with Crippen LogP contribution in [0.4, 0.5) is 4.39 Å². The van der Waals surface area contributed by atoms with Crippen LogP contribution in [0.25, 0.3) is 0 Å². The minimum Gasteiger partial charge on any atom is -0.494 e. The molecule has 23 heavy (non-hydrogen) atoms. The van der Waals surface area contributed by atoms with Crippen LogP contribution >= 0.6 is 0 Å². The molecule has 0 aliphatic carbocycles. The normalized spacial score (nSPS) is 20.5. The number of hydrogen-bond donors (Lipinski definition) is 2. The van der Waals surface area contributed by atoms with E-state index in [9.17, 15) is 4.39 Å². The van der Waals surface area contributed by atoms with Crippen molar-refractivity contribution in [3.63, 3.8) is 0 Å². The monoisotopic (exact) mass is 313 g/mol. The first-order valence-electron chi connectivity index (χ1n) is 7.73. The third-order valence-electron chi connectivity index (χ3n) is 3.92. The molecule has 2 aromatic carbocycles. The molecule has 0 saturated heterocycles. The lowest BCUT2D eigenvalue weighted by Crippen LogP contribution is -2.39. The van der Waals surface area contributed by atoms with Crippen molar-refractivity contribution in [2.45, 2.75) is 25.4 Å². The summed E-state index contributed by atoms with van der Waals surface area (Å²) in [5, 5.41) is 3.16. The Hall–Kier alpha value is -2.56. The van der Waals surface area contributed by atoms with Gasteiger partial charge in [0, 0.05) is 0 Å². The Labute approximate surface area is 135 Å². The van der Waals surface area contributed by atoms with Crippen molar-refractivity contribution in [2.75, 3.05) is 6.61 Å². The summed E-state index contributed by atoms with van der Waals surface area (Å²) in [6, 6.07) is 14.4. The number of nitrogens with two attached hydrogens (primary N) is 1. The quantitative estimate of drug-likeness (QED) is 0.910. The van der Waals surface area contributed by atoms with Gasteiger partial charge in [0.15, 0.2) is 5.96 Å². The lowest BCUT2D eigenvalue weighted by molar-refractivity contribution is 0.340. The van der Waals surface area contributed by atoms with E-state index in [1.807, 2.05) is 31.2 Å². The molecular weight excluding hydrogens is 293 g/mol. The molecule has 2 atom stereocenters. The molecule has 1 heterocycles. The summed E-state index contributed by atoms with van der Waals surface area (Å²) in [6.45, 7) is 2.60. The van der Waals surface area contributed by atoms with Gasteiger partial charge >= 0.3 is 0 Å². The highest BCUT2D eigenvalue weighted by Crippen LogP contribution is 2.33. The van der Waals surface area contributed by atoms with E-state index >= 15 is 0 Å². The average molecular weight is 313 g/mol. The fourth-order valence-electron chi connectivity index (χ4n) is 2.80. The highest BCUT2D eigenvalue weighted by atomic mass is 19.1. The first-order valence-corrected chi connectivity index (χ1v) is 7.73. The van der Waals surface area contributed by atoms with Gasteiger partial charge in [0.2, 0.25) is 0 Å².